The summed E-state index contributed by atoms with van der Waals surface area (Å²) in [5.74, 6) is 0. The molecule has 0 spiro atoms. The van der Waals surface area contributed by atoms with Crippen molar-refractivity contribution < 1.29 is 9.53 Å². The predicted octanol–water partition coefficient (Wildman–Crippen LogP) is 1.56. The van der Waals surface area contributed by atoms with Crippen LogP contribution in [0.15, 0.2) is 0 Å². The molecule has 0 saturated carbocycles. The van der Waals surface area contributed by atoms with E-state index in [2.05, 4.69) is 11.9 Å². The summed E-state index contributed by atoms with van der Waals surface area (Å²) < 4.78 is 5.35. The number of amides is 1. The van der Waals surface area contributed by atoms with Gasteiger partial charge in [-0.05, 0) is 34.7 Å². The summed E-state index contributed by atoms with van der Waals surface area (Å²) in [5, 5.41) is 0. The second kappa shape index (κ2) is 4.39. The summed E-state index contributed by atoms with van der Waals surface area (Å²) in [6, 6.07) is 0.329. The van der Waals surface area contributed by atoms with Gasteiger partial charge < -0.3 is 14.5 Å². The van der Waals surface area contributed by atoms with Crippen molar-refractivity contribution in [3.8, 4) is 0 Å². The maximum absolute atomic E-state index is 11.8. The molecule has 1 aliphatic rings. The van der Waals surface area contributed by atoms with Gasteiger partial charge in [-0.2, -0.15) is 0 Å². The lowest BCUT2D eigenvalue weighted by atomic mass is 10.1. The number of nitrogens with zero attached hydrogens (tertiary/aromatic N) is 2. The fraction of sp³-hybridized carbons (Fsp3) is 0.909. The van der Waals surface area contributed by atoms with E-state index in [1.165, 1.54) is 0 Å². The van der Waals surface area contributed by atoms with Gasteiger partial charge in [0.15, 0.2) is 0 Å². The highest BCUT2D eigenvalue weighted by atomic mass is 16.6. The van der Waals surface area contributed by atoms with Gasteiger partial charge >= 0.3 is 6.09 Å². The lowest BCUT2D eigenvalue weighted by Crippen LogP contribution is -2.59. The van der Waals surface area contributed by atoms with Crippen molar-refractivity contribution in [2.24, 2.45) is 0 Å². The summed E-state index contributed by atoms with van der Waals surface area (Å²) in [6.45, 7) is 10.3. The van der Waals surface area contributed by atoms with Gasteiger partial charge in [0.05, 0.1) is 6.04 Å². The fourth-order valence-electron chi connectivity index (χ4n) is 1.72. The molecular weight excluding hydrogens is 192 g/mol. The normalized spacial score (nSPS) is 18.5. The van der Waals surface area contributed by atoms with Crippen molar-refractivity contribution in [1.29, 1.82) is 0 Å². The van der Waals surface area contributed by atoms with Crippen molar-refractivity contribution in [2.45, 2.75) is 39.3 Å². The van der Waals surface area contributed by atoms with Crippen LogP contribution in [0.5, 0.6) is 0 Å². The summed E-state index contributed by atoms with van der Waals surface area (Å²) in [7, 11) is 2.05. The Labute approximate surface area is 92.2 Å². The molecule has 1 heterocycles. The molecule has 4 nitrogen and oxygen atoms in total. The zero-order valence-corrected chi connectivity index (χ0v) is 10.4. The van der Waals surface area contributed by atoms with Gasteiger partial charge in [-0.3, -0.25) is 0 Å². The largest absolute Gasteiger partial charge is 0.444 e. The number of ether oxygens (including phenoxy) is 1. The van der Waals surface area contributed by atoms with Crippen molar-refractivity contribution in [3.63, 3.8) is 0 Å². The number of likely N-dealkylation sites (N-methyl/N-ethyl adjacent to an activating group) is 2. The number of hydrogen-bond acceptors (Lipinski definition) is 3. The van der Waals surface area contributed by atoms with Crippen LogP contribution in [0.1, 0.15) is 27.7 Å². The van der Waals surface area contributed by atoms with E-state index in [0.717, 1.165) is 13.1 Å². The third kappa shape index (κ3) is 3.38. The molecule has 1 aliphatic heterocycles. The summed E-state index contributed by atoms with van der Waals surface area (Å²) in [6.07, 6.45) is -0.192. The van der Waals surface area contributed by atoms with E-state index >= 15 is 0 Å². The number of hydrogen-bond donors (Lipinski definition) is 0. The first-order valence-corrected chi connectivity index (χ1v) is 5.51. The molecule has 0 aliphatic carbocycles. The maximum atomic E-state index is 11.8. The average Bonchev–Trinajstić information content (AvgIpc) is 1.99. The molecule has 0 aromatic rings. The van der Waals surface area contributed by atoms with Gasteiger partial charge in [-0.25, -0.2) is 4.79 Å². The molecule has 1 fully saturated rings. The lowest BCUT2D eigenvalue weighted by Gasteiger charge is -2.43. The Morgan fingerprint density at radius 2 is 2.00 bits per heavy atom. The van der Waals surface area contributed by atoms with E-state index in [1.54, 1.807) is 0 Å². The molecule has 1 amide bonds. The van der Waals surface area contributed by atoms with Crippen LogP contribution >= 0.6 is 0 Å². The molecule has 0 aromatic heterocycles. The first-order chi connectivity index (χ1) is 6.83. The Kier molecular flexibility index (Phi) is 3.60. The Bertz CT molecular complexity index is 229. The molecule has 15 heavy (non-hydrogen) atoms. The van der Waals surface area contributed by atoms with Crippen LogP contribution in [0, 0.1) is 0 Å². The zero-order chi connectivity index (χ0) is 11.6. The van der Waals surface area contributed by atoms with Crippen LogP contribution in [0.3, 0.4) is 0 Å². The van der Waals surface area contributed by atoms with Crippen LogP contribution < -0.4 is 0 Å². The molecule has 0 unspecified atom stereocenters. The molecule has 0 radical (unpaired) electrons. The van der Waals surface area contributed by atoms with Crippen LogP contribution in [0.25, 0.3) is 0 Å². The van der Waals surface area contributed by atoms with Gasteiger partial charge in [0, 0.05) is 19.6 Å². The highest BCUT2D eigenvalue weighted by molar-refractivity contribution is 5.68. The van der Waals surface area contributed by atoms with E-state index < -0.39 is 5.60 Å². The van der Waals surface area contributed by atoms with Crippen LogP contribution in [0.2, 0.25) is 0 Å². The molecule has 0 bridgehead atoms. The SMILES string of the molecule is CCN(C(=O)OC(C)(C)C)C1CN(C)C1. The van der Waals surface area contributed by atoms with Gasteiger partial charge in [0.1, 0.15) is 5.60 Å². The molecule has 1 rings (SSSR count). The predicted molar refractivity (Wildman–Crippen MR) is 59.9 cm³/mol. The fourth-order valence-corrected chi connectivity index (χ4v) is 1.72. The summed E-state index contributed by atoms with van der Waals surface area (Å²) in [5.41, 5.74) is -0.403. The number of likely N-dealkylation sites (tertiary alicyclic amines) is 1. The minimum atomic E-state index is -0.403. The van der Waals surface area contributed by atoms with Crippen molar-refractivity contribution >= 4 is 6.09 Å². The average molecular weight is 214 g/mol. The van der Waals surface area contributed by atoms with Gasteiger partial charge in [-0.1, -0.05) is 0 Å². The highest BCUT2D eigenvalue weighted by Crippen LogP contribution is 2.16. The van der Waals surface area contributed by atoms with Crippen molar-refractivity contribution in [2.75, 3.05) is 26.7 Å². The van der Waals surface area contributed by atoms with E-state index in [9.17, 15) is 4.79 Å². The number of carbonyl (C=O) groups excluding carboxylic acids is 1. The number of rotatable bonds is 2. The lowest BCUT2D eigenvalue weighted by molar-refractivity contribution is -0.00534. The van der Waals surface area contributed by atoms with E-state index in [-0.39, 0.29) is 6.09 Å². The first kappa shape index (κ1) is 12.3. The first-order valence-electron chi connectivity index (χ1n) is 5.51. The van der Waals surface area contributed by atoms with E-state index in [1.807, 2.05) is 32.6 Å². The Hall–Kier alpha value is -0.770. The molecule has 4 heteroatoms. The van der Waals surface area contributed by atoms with Gasteiger partial charge in [0.2, 0.25) is 0 Å². The smallest absolute Gasteiger partial charge is 0.410 e. The second-order valence-corrected chi connectivity index (χ2v) is 5.14. The monoisotopic (exact) mass is 214 g/mol. The molecule has 0 N–H and O–H groups in total. The quantitative estimate of drug-likeness (QED) is 0.699. The Balaban J connectivity index is 2.48. The molecule has 88 valence electrons. The topological polar surface area (TPSA) is 32.8 Å². The van der Waals surface area contributed by atoms with Crippen LogP contribution in [-0.2, 0) is 4.74 Å². The van der Waals surface area contributed by atoms with Crippen molar-refractivity contribution in [1.82, 2.24) is 9.80 Å². The third-order valence-electron chi connectivity index (χ3n) is 2.45. The number of carbonyl (C=O) groups is 1. The van der Waals surface area contributed by atoms with Crippen LogP contribution in [-0.4, -0.2) is 54.2 Å². The van der Waals surface area contributed by atoms with Crippen molar-refractivity contribution in [3.05, 3.63) is 0 Å². The molecule has 1 saturated heterocycles. The molecule has 0 atom stereocenters. The highest BCUT2D eigenvalue weighted by Gasteiger charge is 2.33. The van der Waals surface area contributed by atoms with Gasteiger partial charge in [0.25, 0.3) is 0 Å². The molecule has 0 aromatic carbocycles. The van der Waals surface area contributed by atoms with Crippen LogP contribution in [0.4, 0.5) is 4.79 Å². The van der Waals surface area contributed by atoms with Gasteiger partial charge in [-0.15, -0.1) is 0 Å². The Morgan fingerprint density at radius 3 is 2.33 bits per heavy atom. The van der Waals surface area contributed by atoms with E-state index in [4.69, 9.17) is 4.74 Å². The second-order valence-electron chi connectivity index (χ2n) is 5.14. The maximum Gasteiger partial charge on any atom is 0.410 e. The minimum Gasteiger partial charge on any atom is -0.444 e. The Morgan fingerprint density at radius 1 is 1.47 bits per heavy atom. The standard InChI is InChI=1S/C11H22N2O2/c1-6-13(9-7-12(5)8-9)10(14)15-11(2,3)4/h9H,6-8H2,1-5H3. The summed E-state index contributed by atoms with van der Waals surface area (Å²) in [4.78, 5) is 15.8. The summed E-state index contributed by atoms with van der Waals surface area (Å²) >= 11 is 0. The zero-order valence-electron chi connectivity index (χ0n) is 10.4. The third-order valence-corrected chi connectivity index (χ3v) is 2.45. The van der Waals surface area contributed by atoms with E-state index in [0.29, 0.717) is 12.6 Å². The minimum absolute atomic E-state index is 0.192. The molecular formula is C11H22N2O2.